The molecule has 3 heteroatoms. The number of rotatable bonds is 2. The summed E-state index contributed by atoms with van der Waals surface area (Å²) in [5, 5.41) is 3.02. The number of nitrogens with one attached hydrogen (secondary N) is 1. The van der Waals surface area contributed by atoms with Crippen molar-refractivity contribution in [3.63, 3.8) is 0 Å². The third kappa shape index (κ3) is 10.9. The largest absolute Gasteiger partial charge is 0.319 e. The molecule has 0 saturated carbocycles. The molecule has 0 amide bonds. The minimum absolute atomic E-state index is 0. The third-order valence-corrected chi connectivity index (χ3v) is 0.809. The first-order valence-electron chi connectivity index (χ1n) is 2.06. The van der Waals surface area contributed by atoms with Gasteiger partial charge in [-0.1, -0.05) is 22.9 Å². The predicted octanol–water partition coefficient (Wildman–Crippen LogP) is 1.57. The van der Waals surface area contributed by atoms with Crippen LogP contribution >= 0.6 is 32.9 Å². The molecule has 0 aromatic heterocycles. The zero-order valence-corrected chi connectivity index (χ0v) is 7.87. The Labute approximate surface area is 63.8 Å². The van der Waals surface area contributed by atoms with E-state index in [1.807, 2.05) is 7.05 Å². The van der Waals surface area contributed by atoms with Crippen molar-refractivity contribution >= 4 is 32.9 Å². The number of alkyl halides is 1. The summed E-state index contributed by atoms with van der Waals surface area (Å²) in [7, 11) is 1.94. The van der Waals surface area contributed by atoms with Crippen LogP contribution in [-0.2, 0) is 0 Å². The van der Waals surface area contributed by atoms with E-state index in [9.17, 15) is 0 Å². The number of hydrogen-bond acceptors (Lipinski definition) is 1. The highest BCUT2D eigenvalue weighted by Gasteiger charge is 1.86. The van der Waals surface area contributed by atoms with Gasteiger partial charge in [-0.15, -0.1) is 17.0 Å². The minimum atomic E-state index is 0. The van der Waals surface area contributed by atoms with Gasteiger partial charge < -0.3 is 5.32 Å². The van der Waals surface area contributed by atoms with Crippen LogP contribution < -0.4 is 5.32 Å². The number of hydrogen-bond donors (Lipinski definition) is 1. The van der Waals surface area contributed by atoms with Gasteiger partial charge in [-0.25, -0.2) is 0 Å². The molecule has 0 aliphatic carbocycles. The first-order chi connectivity index (χ1) is 2.77. The zero-order valence-electron chi connectivity index (χ0n) is 4.57. The van der Waals surface area contributed by atoms with Crippen molar-refractivity contribution in [2.24, 2.45) is 0 Å². The molecule has 1 atom stereocenters. The van der Waals surface area contributed by atoms with Crippen LogP contribution in [0.1, 0.15) is 6.92 Å². The Morgan fingerprint density at radius 1 is 1.71 bits per heavy atom. The van der Waals surface area contributed by atoms with Gasteiger partial charge in [0.1, 0.15) is 0 Å². The first kappa shape index (κ1) is 10.8. The zero-order chi connectivity index (χ0) is 4.99. The highest BCUT2D eigenvalue weighted by Crippen LogP contribution is 1.91. The molecule has 1 nitrogen and oxygen atoms in total. The monoisotopic (exact) mass is 231 g/mol. The van der Waals surface area contributed by atoms with Crippen molar-refractivity contribution < 1.29 is 0 Å². The average molecular weight is 233 g/mol. The van der Waals surface area contributed by atoms with Crippen molar-refractivity contribution in [2.45, 2.75) is 11.8 Å². The second kappa shape index (κ2) is 6.92. The Morgan fingerprint density at radius 2 is 2.14 bits per heavy atom. The molecule has 0 aliphatic heterocycles. The molecule has 0 aliphatic rings. The maximum atomic E-state index is 3.37. The van der Waals surface area contributed by atoms with Gasteiger partial charge in [0.15, 0.2) is 0 Å². The van der Waals surface area contributed by atoms with E-state index in [0.717, 1.165) is 6.54 Å². The molecule has 0 radical (unpaired) electrons. The minimum Gasteiger partial charge on any atom is -0.319 e. The number of halogens is 2. The normalized spacial score (nSPS) is 12.4. The standard InChI is InChI=1S/C4H10BrN.BrH/c1-4(5)3-6-2;/h4,6H,3H2,1-2H3;1H. The lowest BCUT2D eigenvalue weighted by atomic mass is 10.5. The van der Waals surface area contributed by atoms with Gasteiger partial charge >= 0.3 is 0 Å². The van der Waals surface area contributed by atoms with E-state index in [0.29, 0.717) is 4.83 Å². The topological polar surface area (TPSA) is 12.0 Å². The summed E-state index contributed by atoms with van der Waals surface area (Å²) in [5.74, 6) is 0. The van der Waals surface area contributed by atoms with Crippen LogP contribution in [0, 0.1) is 0 Å². The van der Waals surface area contributed by atoms with E-state index >= 15 is 0 Å². The summed E-state index contributed by atoms with van der Waals surface area (Å²) < 4.78 is 0. The molecular formula is C4H11Br2N. The van der Waals surface area contributed by atoms with Crippen LogP contribution in [0.15, 0.2) is 0 Å². The third-order valence-electron chi connectivity index (χ3n) is 0.485. The SMILES string of the molecule is Br.CNCC(C)Br. The maximum absolute atomic E-state index is 3.37. The van der Waals surface area contributed by atoms with Crippen molar-refractivity contribution in [2.75, 3.05) is 13.6 Å². The molecule has 1 unspecified atom stereocenters. The second-order valence-electron chi connectivity index (χ2n) is 1.34. The van der Waals surface area contributed by atoms with Gasteiger partial charge in [-0.3, -0.25) is 0 Å². The van der Waals surface area contributed by atoms with Crippen LogP contribution in [0.2, 0.25) is 0 Å². The first-order valence-corrected chi connectivity index (χ1v) is 2.97. The van der Waals surface area contributed by atoms with E-state index in [1.165, 1.54) is 0 Å². The molecule has 0 heterocycles. The maximum Gasteiger partial charge on any atom is 0.0242 e. The van der Waals surface area contributed by atoms with Crippen LogP contribution in [-0.4, -0.2) is 18.4 Å². The quantitative estimate of drug-likeness (QED) is 0.713. The van der Waals surface area contributed by atoms with Crippen molar-refractivity contribution in [3.05, 3.63) is 0 Å². The molecule has 0 saturated heterocycles. The van der Waals surface area contributed by atoms with Crippen molar-refractivity contribution in [3.8, 4) is 0 Å². The summed E-state index contributed by atoms with van der Waals surface area (Å²) in [6, 6.07) is 0. The molecule has 0 aromatic carbocycles. The lowest BCUT2D eigenvalue weighted by molar-refractivity contribution is 0.793. The van der Waals surface area contributed by atoms with Gasteiger partial charge in [0.2, 0.25) is 0 Å². The summed E-state index contributed by atoms with van der Waals surface area (Å²) in [6.45, 7) is 3.15. The summed E-state index contributed by atoms with van der Waals surface area (Å²) >= 11 is 3.37. The molecule has 0 rings (SSSR count). The molecule has 46 valence electrons. The molecule has 0 aromatic rings. The Bertz CT molecular complexity index is 30.9. The van der Waals surface area contributed by atoms with Gasteiger partial charge in [0.25, 0.3) is 0 Å². The molecular weight excluding hydrogens is 222 g/mol. The molecule has 0 bridgehead atoms. The van der Waals surface area contributed by atoms with Crippen LogP contribution in [0.25, 0.3) is 0 Å². The second-order valence-corrected chi connectivity index (χ2v) is 2.90. The summed E-state index contributed by atoms with van der Waals surface area (Å²) in [5.41, 5.74) is 0. The van der Waals surface area contributed by atoms with E-state index in [1.54, 1.807) is 0 Å². The van der Waals surface area contributed by atoms with E-state index < -0.39 is 0 Å². The molecule has 0 spiro atoms. The smallest absolute Gasteiger partial charge is 0.0242 e. The average Bonchev–Trinajstić information content (AvgIpc) is 1.35. The van der Waals surface area contributed by atoms with E-state index in [4.69, 9.17) is 0 Å². The van der Waals surface area contributed by atoms with Crippen LogP contribution in [0.4, 0.5) is 0 Å². The Hall–Kier alpha value is 0.920. The predicted molar refractivity (Wildman–Crippen MR) is 42.6 cm³/mol. The van der Waals surface area contributed by atoms with Crippen molar-refractivity contribution in [1.82, 2.24) is 5.32 Å². The van der Waals surface area contributed by atoms with Gasteiger partial charge in [0, 0.05) is 11.4 Å². The Kier molecular flexibility index (Phi) is 10.7. The fraction of sp³-hybridized carbons (Fsp3) is 1.00. The van der Waals surface area contributed by atoms with E-state index in [2.05, 4.69) is 28.2 Å². The Balaban J connectivity index is 0. The van der Waals surface area contributed by atoms with Gasteiger partial charge in [-0.2, -0.15) is 0 Å². The fourth-order valence-electron chi connectivity index (χ4n) is 0.281. The summed E-state index contributed by atoms with van der Waals surface area (Å²) in [4.78, 5) is 0.600. The van der Waals surface area contributed by atoms with Crippen molar-refractivity contribution in [1.29, 1.82) is 0 Å². The van der Waals surface area contributed by atoms with Gasteiger partial charge in [0.05, 0.1) is 0 Å². The fourth-order valence-corrected chi connectivity index (χ4v) is 0.605. The highest BCUT2D eigenvalue weighted by molar-refractivity contribution is 9.09. The van der Waals surface area contributed by atoms with Crippen LogP contribution in [0.5, 0.6) is 0 Å². The van der Waals surface area contributed by atoms with E-state index in [-0.39, 0.29) is 17.0 Å². The Morgan fingerprint density at radius 3 is 2.14 bits per heavy atom. The lowest BCUT2D eigenvalue weighted by Gasteiger charge is -1.96. The van der Waals surface area contributed by atoms with Crippen LogP contribution in [0.3, 0.4) is 0 Å². The summed E-state index contributed by atoms with van der Waals surface area (Å²) in [6.07, 6.45) is 0. The molecule has 0 fully saturated rings. The van der Waals surface area contributed by atoms with Gasteiger partial charge in [-0.05, 0) is 7.05 Å². The molecule has 1 N–H and O–H groups in total. The molecule has 7 heavy (non-hydrogen) atoms. The highest BCUT2D eigenvalue weighted by atomic mass is 79.9. The lowest BCUT2D eigenvalue weighted by Crippen LogP contribution is -2.14.